The Kier molecular flexibility index (Phi) is 5.63. The summed E-state index contributed by atoms with van der Waals surface area (Å²) in [7, 11) is 0. The van der Waals surface area contributed by atoms with Crippen LogP contribution in [0.4, 0.5) is 0 Å². The molecule has 0 saturated carbocycles. The van der Waals surface area contributed by atoms with Crippen LogP contribution in [-0.4, -0.2) is 11.9 Å². The third-order valence-electron chi connectivity index (χ3n) is 2.45. The molecule has 0 aliphatic rings. The lowest BCUT2D eigenvalue weighted by Gasteiger charge is -2.30. The largest absolute Gasteiger partial charge is 0.354 e. The zero-order valence-corrected chi connectivity index (χ0v) is 10.8. The monoisotopic (exact) mass is 211 g/mol. The van der Waals surface area contributed by atoms with Crippen molar-refractivity contribution in [3.8, 4) is 0 Å². The predicted octanol–water partition coefficient (Wildman–Crippen LogP) is 3.14. The number of carbonyl (C=O) groups is 1. The van der Waals surface area contributed by atoms with Gasteiger partial charge in [-0.1, -0.05) is 26.8 Å². The fourth-order valence-electron chi connectivity index (χ4n) is 1.63. The first kappa shape index (κ1) is 14.2. The summed E-state index contributed by atoms with van der Waals surface area (Å²) in [5.74, 6) is 0.234. The molecular formula is C13H25NO. The van der Waals surface area contributed by atoms with E-state index in [1.54, 1.807) is 0 Å². The van der Waals surface area contributed by atoms with Crippen LogP contribution < -0.4 is 5.32 Å². The molecule has 0 saturated heterocycles. The van der Waals surface area contributed by atoms with E-state index in [-0.39, 0.29) is 23.3 Å². The molecule has 0 fully saturated rings. The Morgan fingerprint density at radius 3 is 2.27 bits per heavy atom. The third-order valence-corrected chi connectivity index (χ3v) is 2.45. The number of amides is 1. The fraction of sp³-hybridized carbons (Fsp3) is 0.769. The first-order chi connectivity index (χ1) is 6.79. The van der Waals surface area contributed by atoms with Crippen molar-refractivity contribution in [2.75, 3.05) is 0 Å². The first-order valence-corrected chi connectivity index (χ1v) is 5.70. The van der Waals surface area contributed by atoms with Gasteiger partial charge in [0, 0.05) is 12.0 Å². The highest BCUT2D eigenvalue weighted by Gasteiger charge is 2.30. The van der Waals surface area contributed by atoms with Gasteiger partial charge in [0.1, 0.15) is 0 Å². The molecule has 2 heteroatoms. The fourth-order valence-corrected chi connectivity index (χ4v) is 1.63. The molecule has 0 aromatic carbocycles. The summed E-state index contributed by atoms with van der Waals surface area (Å²) in [5.41, 5.74) is 0.0159. The standard InChI is InChI=1S/C13H25NO/c1-7-8-9-11(13(4,5)6)12(15)14-10(2)3/h7,10-11H,1,8-9H2,2-6H3,(H,14,15). The maximum Gasteiger partial charge on any atom is 0.223 e. The van der Waals surface area contributed by atoms with Crippen LogP contribution in [0.3, 0.4) is 0 Å². The number of carbonyl (C=O) groups excluding carboxylic acids is 1. The number of allylic oxidation sites excluding steroid dienone is 1. The third kappa shape index (κ3) is 5.60. The molecule has 0 bridgehead atoms. The molecule has 0 aliphatic heterocycles. The first-order valence-electron chi connectivity index (χ1n) is 5.70. The summed E-state index contributed by atoms with van der Waals surface area (Å²) in [5, 5.41) is 2.99. The van der Waals surface area contributed by atoms with Crippen molar-refractivity contribution in [3.63, 3.8) is 0 Å². The van der Waals surface area contributed by atoms with Crippen LogP contribution in [0.2, 0.25) is 0 Å². The summed E-state index contributed by atoms with van der Waals surface area (Å²) in [4.78, 5) is 12.0. The van der Waals surface area contributed by atoms with E-state index in [0.717, 1.165) is 12.8 Å². The van der Waals surface area contributed by atoms with Gasteiger partial charge >= 0.3 is 0 Å². The minimum absolute atomic E-state index is 0.0159. The number of rotatable bonds is 5. The molecule has 0 heterocycles. The molecule has 1 amide bonds. The Labute approximate surface area is 94.1 Å². The van der Waals surface area contributed by atoms with Crippen LogP contribution in [0.15, 0.2) is 12.7 Å². The van der Waals surface area contributed by atoms with Crippen LogP contribution in [-0.2, 0) is 4.79 Å². The van der Waals surface area contributed by atoms with Crippen molar-refractivity contribution in [2.45, 2.75) is 53.5 Å². The average molecular weight is 211 g/mol. The zero-order valence-electron chi connectivity index (χ0n) is 10.8. The molecule has 0 aromatic rings. The van der Waals surface area contributed by atoms with Gasteiger partial charge in [0.15, 0.2) is 0 Å². The van der Waals surface area contributed by atoms with Gasteiger partial charge in [-0.2, -0.15) is 0 Å². The SMILES string of the molecule is C=CCCC(C(=O)NC(C)C)C(C)(C)C. The van der Waals surface area contributed by atoms with Gasteiger partial charge in [0.25, 0.3) is 0 Å². The molecule has 0 radical (unpaired) electrons. The van der Waals surface area contributed by atoms with Crippen molar-refractivity contribution in [3.05, 3.63) is 12.7 Å². The second kappa shape index (κ2) is 5.94. The van der Waals surface area contributed by atoms with E-state index in [1.165, 1.54) is 0 Å². The van der Waals surface area contributed by atoms with E-state index >= 15 is 0 Å². The van der Waals surface area contributed by atoms with E-state index in [0.29, 0.717) is 0 Å². The molecule has 1 unspecified atom stereocenters. The van der Waals surface area contributed by atoms with Crippen LogP contribution >= 0.6 is 0 Å². The second-order valence-electron chi connectivity index (χ2n) is 5.45. The van der Waals surface area contributed by atoms with Gasteiger partial charge in [0.2, 0.25) is 5.91 Å². The molecule has 1 N–H and O–H groups in total. The number of nitrogens with one attached hydrogen (secondary N) is 1. The topological polar surface area (TPSA) is 29.1 Å². The van der Waals surface area contributed by atoms with Crippen molar-refractivity contribution in [2.24, 2.45) is 11.3 Å². The molecule has 15 heavy (non-hydrogen) atoms. The number of hydrogen-bond acceptors (Lipinski definition) is 1. The van der Waals surface area contributed by atoms with Crippen LogP contribution in [0.5, 0.6) is 0 Å². The Bertz CT molecular complexity index is 213. The molecule has 2 nitrogen and oxygen atoms in total. The normalized spacial score (nSPS) is 13.7. The zero-order chi connectivity index (χ0) is 12.1. The molecule has 88 valence electrons. The molecule has 0 rings (SSSR count). The van der Waals surface area contributed by atoms with E-state index in [4.69, 9.17) is 0 Å². The van der Waals surface area contributed by atoms with Gasteiger partial charge < -0.3 is 5.32 Å². The lowest BCUT2D eigenvalue weighted by atomic mass is 9.77. The molecule has 0 aliphatic carbocycles. The molecule has 0 aromatic heterocycles. The molecule has 0 spiro atoms. The lowest BCUT2D eigenvalue weighted by molar-refractivity contribution is -0.129. The Morgan fingerprint density at radius 2 is 1.93 bits per heavy atom. The van der Waals surface area contributed by atoms with Gasteiger partial charge in [-0.3, -0.25) is 4.79 Å². The van der Waals surface area contributed by atoms with E-state index in [1.807, 2.05) is 19.9 Å². The maximum absolute atomic E-state index is 12.0. The highest BCUT2D eigenvalue weighted by atomic mass is 16.1. The summed E-state index contributed by atoms with van der Waals surface area (Å²) in [6, 6.07) is 0.214. The number of hydrogen-bond donors (Lipinski definition) is 1. The highest BCUT2D eigenvalue weighted by Crippen LogP contribution is 2.30. The summed E-state index contributed by atoms with van der Waals surface area (Å²) in [6.07, 6.45) is 3.65. The summed E-state index contributed by atoms with van der Waals surface area (Å²) in [6.45, 7) is 14.0. The van der Waals surface area contributed by atoms with Gasteiger partial charge in [-0.25, -0.2) is 0 Å². The van der Waals surface area contributed by atoms with Crippen molar-refractivity contribution in [1.82, 2.24) is 5.32 Å². The quantitative estimate of drug-likeness (QED) is 0.695. The van der Waals surface area contributed by atoms with Crippen LogP contribution in [0.1, 0.15) is 47.5 Å². The minimum Gasteiger partial charge on any atom is -0.354 e. The molecule has 1 atom stereocenters. The Hall–Kier alpha value is -0.790. The minimum atomic E-state index is 0.0159. The van der Waals surface area contributed by atoms with Gasteiger partial charge in [-0.05, 0) is 32.1 Å². The summed E-state index contributed by atoms with van der Waals surface area (Å²) < 4.78 is 0. The predicted molar refractivity (Wildman–Crippen MR) is 65.7 cm³/mol. The van der Waals surface area contributed by atoms with Gasteiger partial charge in [-0.15, -0.1) is 6.58 Å². The summed E-state index contributed by atoms with van der Waals surface area (Å²) >= 11 is 0. The van der Waals surface area contributed by atoms with Crippen LogP contribution in [0.25, 0.3) is 0 Å². The smallest absolute Gasteiger partial charge is 0.223 e. The second-order valence-corrected chi connectivity index (χ2v) is 5.45. The molecular weight excluding hydrogens is 186 g/mol. The van der Waals surface area contributed by atoms with E-state index < -0.39 is 0 Å². The van der Waals surface area contributed by atoms with Gasteiger partial charge in [0.05, 0.1) is 0 Å². The van der Waals surface area contributed by atoms with E-state index in [2.05, 4.69) is 32.7 Å². The van der Waals surface area contributed by atoms with Crippen molar-refractivity contribution in [1.29, 1.82) is 0 Å². The van der Waals surface area contributed by atoms with Crippen molar-refractivity contribution < 1.29 is 4.79 Å². The highest BCUT2D eigenvalue weighted by molar-refractivity contribution is 5.79. The maximum atomic E-state index is 12.0. The lowest BCUT2D eigenvalue weighted by Crippen LogP contribution is -2.41. The van der Waals surface area contributed by atoms with Crippen LogP contribution in [0, 0.1) is 11.3 Å². The Balaban J connectivity index is 4.48. The Morgan fingerprint density at radius 1 is 1.40 bits per heavy atom. The van der Waals surface area contributed by atoms with Crippen molar-refractivity contribution >= 4 is 5.91 Å². The van der Waals surface area contributed by atoms with E-state index in [9.17, 15) is 4.79 Å². The average Bonchev–Trinajstić information content (AvgIpc) is 2.00.